The molecule has 0 amide bonds. The van der Waals surface area contributed by atoms with Crippen molar-refractivity contribution in [1.82, 2.24) is 0 Å². The largest absolute Gasteiger partial charge is 0.472 e. The first kappa shape index (κ1) is 87.1. The molecule has 0 fully saturated rings. The van der Waals surface area contributed by atoms with E-state index in [0.29, 0.717) is 25.7 Å². The molecule has 17 nitrogen and oxygen atoms in total. The zero-order valence-corrected chi connectivity index (χ0v) is 59.7. The van der Waals surface area contributed by atoms with Crippen LogP contribution in [-0.4, -0.2) is 96.7 Å². The summed E-state index contributed by atoms with van der Waals surface area (Å²) in [7, 11) is -9.90. The quantitative estimate of drug-likeness (QED) is 0.0222. The van der Waals surface area contributed by atoms with Crippen molar-refractivity contribution in [2.75, 3.05) is 39.6 Å². The lowest BCUT2D eigenvalue weighted by Crippen LogP contribution is -2.30. The molecule has 0 aromatic carbocycles. The van der Waals surface area contributed by atoms with Crippen LogP contribution >= 0.6 is 15.6 Å². The minimum absolute atomic E-state index is 0.105. The Hall–Kier alpha value is -1.94. The van der Waals surface area contributed by atoms with Gasteiger partial charge in [0.15, 0.2) is 12.2 Å². The van der Waals surface area contributed by atoms with Gasteiger partial charge in [0.05, 0.1) is 26.4 Å². The van der Waals surface area contributed by atoms with Crippen LogP contribution in [-0.2, 0) is 65.4 Å². The summed E-state index contributed by atoms with van der Waals surface area (Å²) >= 11 is 0. The zero-order valence-electron chi connectivity index (χ0n) is 57.9. The number of hydrogen-bond acceptors (Lipinski definition) is 15. The topological polar surface area (TPSA) is 237 Å². The van der Waals surface area contributed by atoms with E-state index < -0.39 is 97.5 Å². The molecule has 89 heavy (non-hydrogen) atoms. The van der Waals surface area contributed by atoms with E-state index in [0.717, 1.165) is 108 Å². The first-order valence-corrected chi connectivity index (χ1v) is 39.3. The Morgan fingerprint density at radius 3 is 0.764 bits per heavy atom. The molecule has 0 radical (unpaired) electrons. The molecule has 0 aliphatic rings. The first-order valence-electron chi connectivity index (χ1n) is 36.3. The fourth-order valence-electron chi connectivity index (χ4n) is 10.5. The molecule has 0 saturated carbocycles. The first-order chi connectivity index (χ1) is 42.7. The van der Waals surface area contributed by atoms with Crippen molar-refractivity contribution in [3.05, 3.63) is 0 Å². The number of phosphoric ester groups is 2. The van der Waals surface area contributed by atoms with Crippen molar-refractivity contribution < 1.29 is 80.2 Å². The van der Waals surface area contributed by atoms with Gasteiger partial charge in [0.2, 0.25) is 0 Å². The van der Waals surface area contributed by atoms with E-state index in [1.807, 2.05) is 0 Å². The molecule has 0 spiro atoms. The molecular formula is C70H136O17P2. The number of phosphoric acid groups is 2. The van der Waals surface area contributed by atoms with Gasteiger partial charge in [-0.2, -0.15) is 0 Å². The lowest BCUT2D eigenvalue weighted by atomic mass is 10.0. The third-order valence-corrected chi connectivity index (χ3v) is 18.0. The lowest BCUT2D eigenvalue weighted by Gasteiger charge is -2.21. The van der Waals surface area contributed by atoms with E-state index in [1.54, 1.807) is 0 Å². The number of hydrogen-bond donors (Lipinski definition) is 3. The van der Waals surface area contributed by atoms with Crippen LogP contribution in [0.1, 0.15) is 350 Å². The van der Waals surface area contributed by atoms with Crippen molar-refractivity contribution >= 4 is 39.5 Å². The van der Waals surface area contributed by atoms with Crippen molar-refractivity contribution in [1.29, 1.82) is 0 Å². The van der Waals surface area contributed by atoms with Crippen LogP contribution in [0.4, 0.5) is 0 Å². The van der Waals surface area contributed by atoms with E-state index in [9.17, 15) is 43.2 Å². The second kappa shape index (κ2) is 61.0. The van der Waals surface area contributed by atoms with Crippen molar-refractivity contribution in [2.45, 2.75) is 369 Å². The van der Waals surface area contributed by atoms with Crippen molar-refractivity contribution in [3.63, 3.8) is 0 Å². The van der Waals surface area contributed by atoms with E-state index >= 15 is 0 Å². The monoisotopic (exact) mass is 1310 g/mol. The molecular weight excluding hydrogens is 1170 g/mol. The van der Waals surface area contributed by atoms with Crippen LogP contribution in [0.2, 0.25) is 0 Å². The summed E-state index contributed by atoms with van der Waals surface area (Å²) in [5.74, 6) is 0.130. The smallest absolute Gasteiger partial charge is 0.462 e. The third-order valence-electron chi connectivity index (χ3n) is 16.1. The fourth-order valence-corrected chi connectivity index (χ4v) is 12.1. The van der Waals surface area contributed by atoms with Crippen LogP contribution in [0.3, 0.4) is 0 Å². The van der Waals surface area contributed by atoms with Gasteiger partial charge in [-0.1, -0.05) is 299 Å². The number of rotatable bonds is 68. The molecule has 0 aliphatic carbocycles. The predicted molar refractivity (Wildman–Crippen MR) is 358 cm³/mol. The number of carbonyl (C=O) groups excluding carboxylic acids is 4. The highest BCUT2D eigenvalue weighted by Gasteiger charge is 2.30. The van der Waals surface area contributed by atoms with Gasteiger partial charge in [-0.05, 0) is 43.4 Å². The Balaban J connectivity index is 5.25. The average Bonchev–Trinajstić information content (AvgIpc) is 3.69. The molecule has 0 aliphatic heterocycles. The van der Waals surface area contributed by atoms with E-state index in [-0.39, 0.29) is 25.7 Å². The molecule has 19 heteroatoms. The molecule has 0 rings (SSSR count). The number of aliphatic hydroxyl groups is 1. The average molecular weight is 1310 g/mol. The molecule has 3 N–H and O–H groups in total. The number of ether oxygens (including phenoxy) is 4. The molecule has 0 bridgehead atoms. The Kier molecular flexibility index (Phi) is 59.6. The van der Waals surface area contributed by atoms with Gasteiger partial charge in [-0.3, -0.25) is 37.3 Å². The molecule has 528 valence electrons. The SMILES string of the molecule is CCCCCCCCCCCCC(=O)OC[C@H](COP(=O)(O)OC[C@H](O)COP(=O)(O)OC[C@@H](COC(=O)CCCCCCCCCCCC(C)C)OC(=O)CCCCCCCCCCCCCCC(C)C)OC(=O)CCCCCCCCCCCC(C)C. The van der Waals surface area contributed by atoms with Gasteiger partial charge in [-0.15, -0.1) is 0 Å². The third kappa shape index (κ3) is 64.6. The highest BCUT2D eigenvalue weighted by molar-refractivity contribution is 7.47. The summed E-state index contributed by atoms with van der Waals surface area (Å²) in [6.07, 6.45) is 44.4. The number of esters is 4. The summed E-state index contributed by atoms with van der Waals surface area (Å²) in [4.78, 5) is 72.5. The van der Waals surface area contributed by atoms with Gasteiger partial charge in [0, 0.05) is 25.7 Å². The van der Waals surface area contributed by atoms with Crippen LogP contribution in [0.15, 0.2) is 0 Å². The lowest BCUT2D eigenvalue weighted by molar-refractivity contribution is -0.161. The maximum absolute atomic E-state index is 13.0. The second-order valence-corrected chi connectivity index (χ2v) is 29.6. The van der Waals surface area contributed by atoms with Crippen LogP contribution in [0.5, 0.6) is 0 Å². The summed E-state index contributed by atoms with van der Waals surface area (Å²) in [5.41, 5.74) is 0. The van der Waals surface area contributed by atoms with Gasteiger partial charge >= 0.3 is 39.5 Å². The van der Waals surface area contributed by atoms with Gasteiger partial charge in [0.25, 0.3) is 0 Å². The minimum atomic E-state index is -4.95. The molecule has 0 heterocycles. The number of carbonyl (C=O) groups is 4. The van der Waals surface area contributed by atoms with E-state index in [2.05, 4.69) is 48.5 Å². The standard InChI is InChI=1S/C70H136O17P2/c1-8-9-10-11-12-13-23-30-37-44-51-67(72)80-57-66(87-70(75)54-47-40-33-26-19-22-29-36-43-50-63(6)7)60-85-89(78,79)83-56-64(71)55-82-88(76,77)84-59-65(58-81-68(73)52-45-38-31-25-18-21-28-35-42-49-62(4)5)86-69(74)53-46-39-32-24-17-15-14-16-20-27-34-41-48-61(2)3/h61-66,71H,8-60H2,1-7H3,(H,76,77)(H,78,79)/t64-,65-,66-/m1/s1. The van der Waals surface area contributed by atoms with Gasteiger partial charge in [-0.25, -0.2) is 9.13 Å². The normalized spacial score (nSPS) is 14.2. The number of aliphatic hydroxyl groups excluding tert-OH is 1. The Morgan fingerprint density at radius 1 is 0.303 bits per heavy atom. The molecule has 5 atom stereocenters. The van der Waals surface area contributed by atoms with Crippen LogP contribution < -0.4 is 0 Å². The maximum atomic E-state index is 13.0. The zero-order chi connectivity index (χ0) is 65.9. The van der Waals surface area contributed by atoms with Gasteiger partial charge in [0.1, 0.15) is 19.3 Å². The predicted octanol–water partition coefficient (Wildman–Crippen LogP) is 19.8. The van der Waals surface area contributed by atoms with E-state index in [1.165, 1.54) is 161 Å². The van der Waals surface area contributed by atoms with Gasteiger partial charge < -0.3 is 33.8 Å². The minimum Gasteiger partial charge on any atom is -0.462 e. The highest BCUT2D eigenvalue weighted by atomic mass is 31.2. The van der Waals surface area contributed by atoms with Crippen molar-refractivity contribution in [3.8, 4) is 0 Å². The van der Waals surface area contributed by atoms with Crippen LogP contribution in [0, 0.1) is 17.8 Å². The van der Waals surface area contributed by atoms with Crippen LogP contribution in [0.25, 0.3) is 0 Å². The maximum Gasteiger partial charge on any atom is 0.472 e. The Morgan fingerprint density at radius 2 is 0.517 bits per heavy atom. The molecule has 2 unspecified atom stereocenters. The number of unbranched alkanes of at least 4 members (excludes halogenated alkanes) is 36. The van der Waals surface area contributed by atoms with Crippen molar-refractivity contribution in [2.24, 2.45) is 17.8 Å². The Labute approximate surface area is 543 Å². The Bertz CT molecular complexity index is 1750. The highest BCUT2D eigenvalue weighted by Crippen LogP contribution is 2.45. The molecule has 0 aromatic rings. The molecule has 0 saturated heterocycles. The summed E-state index contributed by atoms with van der Waals surface area (Å²) in [6.45, 7) is 11.8. The van der Waals surface area contributed by atoms with E-state index in [4.69, 9.17) is 37.0 Å². The summed E-state index contributed by atoms with van der Waals surface area (Å²) in [5, 5.41) is 10.6. The second-order valence-electron chi connectivity index (χ2n) is 26.7. The summed E-state index contributed by atoms with van der Waals surface area (Å²) < 4.78 is 68.3. The molecule has 0 aromatic heterocycles. The fraction of sp³-hybridized carbons (Fsp3) is 0.943. The summed E-state index contributed by atoms with van der Waals surface area (Å²) in [6, 6.07) is 0.